The predicted molar refractivity (Wildman–Crippen MR) is 78.5 cm³/mol. The van der Waals surface area contributed by atoms with Crippen molar-refractivity contribution in [2.45, 2.75) is 47.0 Å². The summed E-state index contributed by atoms with van der Waals surface area (Å²) in [6, 6.07) is 0. The first-order chi connectivity index (χ1) is 7.99. The fourth-order valence-corrected chi connectivity index (χ4v) is 2.71. The van der Waals surface area contributed by atoms with Gasteiger partial charge in [0, 0.05) is 6.54 Å². The minimum absolute atomic E-state index is 0.827. The van der Waals surface area contributed by atoms with Crippen LogP contribution in [0.25, 0.3) is 0 Å². The summed E-state index contributed by atoms with van der Waals surface area (Å²) in [5.74, 6) is 1.70. The lowest BCUT2D eigenvalue weighted by Gasteiger charge is -2.22. The van der Waals surface area contributed by atoms with E-state index >= 15 is 0 Å². The van der Waals surface area contributed by atoms with Crippen LogP contribution in [0.2, 0.25) is 0 Å². The van der Waals surface area contributed by atoms with Crippen LogP contribution in [0.1, 0.15) is 47.0 Å². The Labute approximate surface area is 109 Å². The zero-order chi connectivity index (χ0) is 13.3. The molecule has 2 nitrogen and oxygen atoms in total. The van der Waals surface area contributed by atoms with Crippen LogP contribution in [0.3, 0.4) is 0 Å². The minimum atomic E-state index is 0.827. The lowest BCUT2D eigenvalue weighted by atomic mass is 9.93. The summed E-state index contributed by atoms with van der Waals surface area (Å²) in [4.78, 5) is 4.82. The van der Waals surface area contributed by atoms with Gasteiger partial charge in [-0.2, -0.15) is 0 Å². The van der Waals surface area contributed by atoms with Crippen LogP contribution in [-0.4, -0.2) is 50.1 Å². The van der Waals surface area contributed by atoms with Crippen LogP contribution in [0, 0.1) is 11.8 Å². The van der Waals surface area contributed by atoms with Gasteiger partial charge in [0.25, 0.3) is 0 Å². The van der Waals surface area contributed by atoms with E-state index in [0.717, 1.165) is 11.8 Å². The first-order valence-corrected chi connectivity index (χ1v) is 7.36. The molecule has 0 aliphatic heterocycles. The molecule has 0 heterocycles. The van der Waals surface area contributed by atoms with Gasteiger partial charge >= 0.3 is 0 Å². The molecule has 0 aliphatic carbocycles. The Morgan fingerprint density at radius 2 is 1.53 bits per heavy atom. The van der Waals surface area contributed by atoms with Gasteiger partial charge in [-0.1, -0.05) is 27.7 Å². The van der Waals surface area contributed by atoms with E-state index in [1.807, 2.05) is 0 Å². The maximum atomic E-state index is 2.52. The molecule has 0 aromatic heterocycles. The molecule has 2 atom stereocenters. The Balaban J connectivity index is 3.61. The average molecular weight is 242 g/mol. The van der Waals surface area contributed by atoms with Gasteiger partial charge in [-0.3, -0.25) is 0 Å². The predicted octanol–water partition coefficient (Wildman–Crippen LogP) is 3.33. The molecule has 0 radical (unpaired) electrons. The van der Waals surface area contributed by atoms with Crippen molar-refractivity contribution < 1.29 is 0 Å². The summed E-state index contributed by atoms with van der Waals surface area (Å²) in [6.07, 6.45) is 4.11. The molecule has 0 saturated carbocycles. The molecule has 0 aliphatic rings. The molecule has 0 fully saturated rings. The van der Waals surface area contributed by atoms with Crippen molar-refractivity contribution in [3.8, 4) is 0 Å². The van der Waals surface area contributed by atoms with Crippen molar-refractivity contribution in [1.29, 1.82) is 0 Å². The normalized spacial score (nSPS) is 15.5. The third-order valence-corrected chi connectivity index (χ3v) is 3.55. The number of hydrogen-bond donors (Lipinski definition) is 0. The van der Waals surface area contributed by atoms with E-state index in [1.54, 1.807) is 0 Å². The van der Waals surface area contributed by atoms with Crippen LogP contribution >= 0.6 is 0 Å². The molecule has 2 unspecified atom stereocenters. The van der Waals surface area contributed by atoms with Crippen LogP contribution in [0.4, 0.5) is 0 Å². The minimum Gasteiger partial charge on any atom is -0.309 e. The largest absolute Gasteiger partial charge is 0.309 e. The van der Waals surface area contributed by atoms with Gasteiger partial charge in [-0.05, 0) is 64.8 Å². The summed E-state index contributed by atoms with van der Waals surface area (Å²) >= 11 is 0. The highest BCUT2D eigenvalue weighted by Crippen LogP contribution is 2.17. The first kappa shape index (κ1) is 16.9. The van der Waals surface area contributed by atoms with Gasteiger partial charge in [0.15, 0.2) is 0 Å². The van der Waals surface area contributed by atoms with Crippen molar-refractivity contribution >= 4 is 0 Å². The van der Waals surface area contributed by atoms with Gasteiger partial charge in [0.05, 0.1) is 0 Å². The zero-order valence-corrected chi connectivity index (χ0v) is 13.0. The van der Waals surface area contributed by atoms with Gasteiger partial charge in [-0.25, -0.2) is 0 Å². The quantitative estimate of drug-likeness (QED) is 0.580. The Bertz CT molecular complexity index is 164. The van der Waals surface area contributed by atoms with Crippen molar-refractivity contribution in [3.63, 3.8) is 0 Å². The fraction of sp³-hybridized carbons (Fsp3) is 1.00. The van der Waals surface area contributed by atoms with Crippen LogP contribution in [0.15, 0.2) is 0 Å². The molecule has 0 rings (SSSR count). The van der Waals surface area contributed by atoms with Gasteiger partial charge < -0.3 is 9.80 Å². The molecule has 17 heavy (non-hydrogen) atoms. The zero-order valence-electron chi connectivity index (χ0n) is 13.0. The molecule has 0 saturated heterocycles. The van der Waals surface area contributed by atoms with E-state index < -0.39 is 0 Å². The highest BCUT2D eigenvalue weighted by Gasteiger charge is 2.10. The molecule has 0 N–H and O–H groups in total. The van der Waals surface area contributed by atoms with Crippen molar-refractivity contribution in [3.05, 3.63) is 0 Å². The highest BCUT2D eigenvalue weighted by molar-refractivity contribution is 4.63. The summed E-state index contributed by atoms with van der Waals surface area (Å²) in [6.45, 7) is 14.2. The second-order valence-electron chi connectivity index (χ2n) is 5.88. The Morgan fingerprint density at radius 1 is 0.941 bits per heavy atom. The van der Waals surface area contributed by atoms with E-state index in [4.69, 9.17) is 0 Å². The van der Waals surface area contributed by atoms with E-state index in [2.05, 4.69) is 51.6 Å². The fourth-order valence-electron chi connectivity index (χ4n) is 2.71. The molecule has 2 heteroatoms. The molecule has 0 aromatic carbocycles. The molecule has 0 bridgehead atoms. The molecule has 104 valence electrons. The van der Waals surface area contributed by atoms with Gasteiger partial charge in [0.2, 0.25) is 0 Å². The van der Waals surface area contributed by atoms with Gasteiger partial charge in [0.1, 0.15) is 0 Å². The third kappa shape index (κ3) is 9.61. The molecule has 0 aromatic rings. The van der Waals surface area contributed by atoms with Crippen molar-refractivity contribution in [2.24, 2.45) is 11.8 Å². The number of rotatable bonds is 10. The van der Waals surface area contributed by atoms with E-state index in [9.17, 15) is 0 Å². The van der Waals surface area contributed by atoms with E-state index in [1.165, 1.54) is 45.4 Å². The van der Waals surface area contributed by atoms with Crippen LogP contribution in [0.5, 0.6) is 0 Å². The SMILES string of the molecule is CCN(CC)CCCC(C)CC(C)CN(C)C. The van der Waals surface area contributed by atoms with Gasteiger partial charge in [-0.15, -0.1) is 0 Å². The molecular formula is C15H34N2. The number of nitrogens with zero attached hydrogens (tertiary/aromatic N) is 2. The first-order valence-electron chi connectivity index (χ1n) is 7.36. The van der Waals surface area contributed by atoms with Crippen molar-refractivity contribution in [1.82, 2.24) is 9.80 Å². The second-order valence-corrected chi connectivity index (χ2v) is 5.88. The average Bonchev–Trinajstić information content (AvgIpc) is 2.23. The maximum Gasteiger partial charge on any atom is 0.000102 e. The standard InChI is InChI=1S/C15H34N2/c1-7-17(8-2)11-9-10-14(3)12-15(4)13-16(5)6/h14-15H,7-13H2,1-6H3. The van der Waals surface area contributed by atoms with E-state index in [0.29, 0.717) is 0 Å². The summed E-state index contributed by atoms with van der Waals surface area (Å²) in [5, 5.41) is 0. The van der Waals surface area contributed by atoms with E-state index in [-0.39, 0.29) is 0 Å². The summed E-state index contributed by atoms with van der Waals surface area (Å²) < 4.78 is 0. The second kappa shape index (κ2) is 9.90. The Morgan fingerprint density at radius 3 is 2.00 bits per heavy atom. The lowest BCUT2D eigenvalue weighted by molar-refractivity contribution is 0.266. The Kier molecular flexibility index (Phi) is 9.85. The maximum absolute atomic E-state index is 2.52. The van der Waals surface area contributed by atoms with Crippen LogP contribution < -0.4 is 0 Å². The summed E-state index contributed by atoms with van der Waals surface area (Å²) in [7, 11) is 4.34. The third-order valence-electron chi connectivity index (χ3n) is 3.55. The highest BCUT2D eigenvalue weighted by atomic mass is 15.1. The molecular weight excluding hydrogens is 208 g/mol. The lowest BCUT2D eigenvalue weighted by Crippen LogP contribution is -2.24. The Hall–Kier alpha value is -0.0800. The molecule has 0 spiro atoms. The van der Waals surface area contributed by atoms with Crippen molar-refractivity contribution in [2.75, 3.05) is 40.3 Å². The topological polar surface area (TPSA) is 6.48 Å². The number of hydrogen-bond acceptors (Lipinski definition) is 2. The monoisotopic (exact) mass is 242 g/mol. The van der Waals surface area contributed by atoms with Crippen LogP contribution in [-0.2, 0) is 0 Å². The molecule has 0 amide bonds. The summed E-state index contributed by atoms with van der Waals surface area (Å²) in [5.41, 5.74) is 0. The smallest absolute Gasteiger partial charge is 0.000102 e.